The average molecular weight is 512 g/mol. The number of aromatic nitrogens is 6. The molecule has 0 aliphatic carbocycles. The fourth-order valence-electron chi connectivity index (χ4n) is 4.21. The summed E-state index contributed by atoms with van der Waals surface area (Å²) in [6.45, 7) is 4.92. The lowest BCUT2D eigenvalue weighted by molar-refractivity contribution is -0.119. The Kier molecular flexibility index (Phi) is 6.21. The molecule has 0 saturated heterocycles. The van der Waals surface area contributed by atoms with E-state index in [1.54, 1.807) is 24.4 Å². The zero-order chi connectivity index (χ0) is 24.7. The van der Waals surface area contributed by atoms with Crippen LogP contribution in [0.2, 0.25) is 10.0 Å². The van der Waals surface area contributed by atoms with Gasteiger partial charge in [-0.25, -0.2) is 14.6 Å². The lowest BCUT2D eigenvalue weighted by Gasteiger charge is -2.27. The lowest BCUT2D eigenvalue weighted by atomic mass is 10.1. The molecule has 11 heteroatoms. The van der Waals surface area contributed by atoms with Crippen LogP contribution >= 0.6 is 23.2 Å². The third-order valence-electron chi connectivity index (χ3n) is 5.88. The number of fused-ring (bicyclic) bond motifs is 1. The molecule has 0 fully saturated rings. The molecule has 35 heavy (non-hydrogen) atoms. The highest BCUT2D eigenvalue weighted by Gasteiger charge is 2.28. The van der Waals surface area contributed by atoms with E-state index in [9.17, 15) is 4.79 Å². The highest BCUT2D eigenvalue weighted by atomic mass is 35.5. The van der Waals surface area contributed by atoms with Crippen LogP contribution in [0.1, 0.15) is 31.9 Å². The summed E-state index contributed by atoms with van der Waals surface area (Å²) in [7, 11) is 1.56. The zero-order valence-corrected chi connectivity index (χ0v) is 21.0. The van der Waals surface area contributed by atoms with Gasteiger partial charge in [0.15, 0.2) is 5.75 Å². The molecule has 0 bridgehead atoms. The number of halogens is 2. The zero-order valence-electron chi connectivity index (χ0n) is 19.4. The van der Waals surface area contributed by atoms with Gasteiger partial charge >= 0.3 is 0 Å². The summed E-state index contributed by atoms with van der Waals surface area (Å²) in [6.07, 6.45) is 5.02. The van der Waals surface area contributed by atoms with Crippen LogP contribution in [0.15, 0.2) is 43.0 Å². The van der Waals surface area contributed by atoms with Gasteiger partial charge in [0.2, 0.25) is 5.91 Å². The lowest BCUT2D eigenvalue weighted by Crippen LogP contribution is -2.36. The van der Waals surface area contributed by atoms with Crippen molar-refractivity contribution in [2.24, 2.45) is 0 Å². The van der Waals surface area contributed by atoms with Gasteiger partial charge in [-0.2, -0.15) is 10.2 Å². The second-order valence-corrected chi connectivity index (χ2v) is 9.29. The Bertz CT molecular complexity index is 1410. The molecule has 3 aromatic heterocycles. The molecule has 0 N–H and O–H groups in total. The number of anilines is 1. The van der Waals surface area contributed by atoms with Gasteiger partial charge in [0.05, 0.1) is 42.6 Å². The Morgan fingerprint density at radius 2 is 1.97 bits per heavy atom. The highest BCUT2D eigenvalue weighted by molar-refractivity contribution is 6.33. The largest absolute Gasteiger partial charge is 0.493 e. The fourth-order valence-corrected chi connectivity index (χ4v) is 4.73. The van der Waals surface area contributed by atoms with Crippen LogP contribution in [-0.2, 0) is 17.9 Å². The first-order valence-corrected chi connectivity index (χ1v) is 11.9. The van der Waals surface area contributed by atoms with Gasteiger partial charge in [-0.05, 0) is 25.5 Å². The number of nitrogens with zero attached hydrogens (tertiary/aromatic N) is 7. The van der Waals surface area contributed by atoms with Gasteiger partial charge in [-0.1, -0.05) is 35.3 Å². The summed E-state index contributed by atoms with van der Waals surface area (Å²) in [6, 6.07) is 7.65. The molecule has 9 nitrogen and oxygen atoms in total. The van der Waals surface area contributed by atoms with Crippen molar-refractivity contribution in [1.82, 2.24) is 29.5 Å². The Hall–Kier alpha value is -3.43. The summed E-state index contributed by atoms with van der Waals surface area (Å²) in [5.41, 5.74) is 3.63. The van der Waals surface area contributed by atoms with Crippen molar-refractivity contribution < 1.29 is 9.53 Å². The van der Waals surface area contributed by atoms with Crippen LogP contribution in [-0.4, -0.2) is 42.5 Å². The van der Waals surface area contributed by atoms with E-state index in [1.165, 1.54) is 6.33 Å². The molecule has 1 amide bonds. The molecule has 1 aromatic carbocycles. The Labute approximate surface area is 212 Å². The Morgan fingerprint density at radius 3 is 2.71 bits per heavy atom. The fraction of sp³-hybridized carbons (Fsp3) is 0.292. The molecule has 1 aliphatic rings. The molecule has 4 aromatic rings. The van der Waals surface area contributed by atoms with Crippen molar-refractivity contribution in [2.75, 3.05) is 12.0 Å². The molecule has 0 unspecified atom stereocenters. The van der Waals surface area contributed by atoms with E-state index in [-0.39, 0.29) is 11.9 Å². The molecule has 1 aliphatic heterocycles. The van der Waals surface area contributed by atoms with E-state index in [0.29, 0.717) is 52.5 Å². The van der Waals surface area contributed by atoms with Gasteiger partial charge < -0.3 is 4.74 Å². The van der Waals surface area contributed by atoms with Crippen LogP contribution in [0.3, 0.4) is 0 Å². The van der Waals surface area contributed by atoms with E-state index in [0.717, 1.165) is 16.8 Å². The van der Waals surface area contributed by atoms with Gasteiger partial charge in [0, 0.05) is 24.1 Å². The first-order valence-electron chi connectivity index (χ1n) is 11.1. The number of hydrogen-bond donors (Lipinski definition) is 0. The molecule has 0 spiro atoms. The second-order valence-electron chi connectivity index (χ2n) is 8.47. The number of hydrogen-bond acceptors (Lipinski definition) is 6. The Morgan fingerprint density at radius 1 is 1.14 bits per heavy atom. The highest BCUT2D eigenvalue weighted by Crippen LogP contribution is 2.36. The smallest absolute Gasteiger partial charge is 0.230 e. The monoisotopic (exact) mass is 511 g/mol. The molecule has 4 heterocycles. The van der Waals surface area contributed by atoms with E-state index >= 15 is 0 Å². The molecular weight excluding hydrogens is 489 g/mol. The van der Waals surface area contributed by atoms with Crippen molar-refractivity contribution in [3.8, 4) is 28.4 Å². The molecular formula is C24H23Cl2N7O2. The van der Waals surface area contributed by atoms with Crippen LogP contribution in [0, 0.1) is 0 Å². The van der Waals surface area contributed by atoms with Crippen LogP contribution < -0.4 is 9.64 Å². The normalized spacial score (nSPS) is 13.4. The summed E-state index contributed by atoms with van der Waals surface area (Å²) < 4.78 is 9.04. The molecule has 5 rings (SSSR count). The number of benzene rings is 1. The minimum Gasteiger partial charge on any atom is -0.493 e. The quantitative estimate of drug-likeness (QED) is 0.360. The number of aryl methyl sites for hydroxylation is 1. The van der Waals surface area contributed by atoms with Crippen molar-refractivity contribution in [3.05, 3.63) is 58.6 Å². The Balaban J connectivity index is 1.47. The topological polar surface area (TPSA) is 91.0 Å². The second kappa shape index (κ2) is 9.31. The predicted molar refractivity (Wildman–Crippen MR) is 134 cm³/mol. The van der Waals surface area contributed by atoms with Crippen LogP contribution in [0.25, 0.3) is 22.6 Å². The maximum atomic E-state index is 12.9. The molecule has 180 valence electrons. The van der Waals surface area contributed by atoms with E-state index in [1.807, 2.05) is 47.5 Å². The molecule has 0 radical (unpaired) electrons. The minimum absolute atomic E-state index is 0.0186. The number of amides is 1. The number of carbonyl (C=O) groups excluding carboxylic acids is 1. The summed E-state index contributed by atoms with van der Waals surface area (Å²) in [5, 5.41) is 10.1. The molecule has 0 saturated carbocycles. The van der Waals surface area contributed by atoms with Crippen molar-refractivity contribution in [2.45, 2.75) is 39.4 Å². The van der Waals surface area contributed by atoms with Crippen LogP contribution in [0.4, 0.5) is 5.82 Å². The van der Waals surface area contributed by atoms with Gasteiger partial charge in [-0.3, -0.25) is 14.4 Å². The van der Waals surface area contributed by atoms with Crippen molar-refractivity contribution >= 4 is 34.9 Å². The van der Waals surface area contributed by atoms with Gasteiger partial charge in [-0.15, -0.1) is 0 Å². The van der Waals surface area contributed by atoms with Crippen LogP contribution in [0.5, 0.6) is 5.75 Å². The number of carbonyl (C=O) groups is 1. The third-order valence-corrected chi connectivity index (χ3v) is 6.47. The van der Waals surface area contributed by atoms with E-state index < -0.39 is 0 Å². The summed E-state index contributed by atoms with van der Waals surface area (Å²) in [4.78, 5) is 23.0. The first-order chi connectivity index (χ1) is 16.9. The average Bonchev–Trinajstić information content (AvgIpc) is 3.44. The SMILES string of the molecule is COc1cncnc1-c1ccc(CN2C(=O)CCn3nc(-c4c(Cl)cnn4C(C)C)cc32)cc1Cl. The maximum Gasteiger partial charge on any atom is 0.230 e. The number of methoxy groups -OCH3 is 1. The van der Waals surface area contributed by atoms with Gasteiger partial charge in [0.25, 0.3) is 0 Å². The number of ether oxygens (including phenoxy) is 1. The molecule has 0 atom stereocenters. The summed E-state index contributed by atoms with van der Waals surface area (Å²) in [5.74, 6) is 1.26. The van der Waals surface area contributed by atoms with Crippen molar-refractivity contribution in [1.29, 1.82) is 0 Å². The summed E-state index contributed by atoms with van der Waals surface area (Å²) >= 11 is 13.1. The van der Waals surface area contributed by atoms with Crippen molar-refractivity contribution in [3.63, 3.8) is 0 Å². The van der Waals surface area contributed by atoms with E-state index in [4.69, 9.17) is 33.0 Å². The van der Waals surface area contributed by atoms with Gasteiger partial charge in [0.1, 0.15) is 29.2 Å². The first kappa shape index (κ1) is 23.3. The predicted octanol–water partition coefficient (Wildman–Crippen LogP) is 5.04. The minimum atomic E-state index is 0.0186. The van der Waals surface area contributed by atoms with E-state index in [2.05, 4.69) is 15.1 Å². The standard InChI is InChI=1S/C24H23Cl2N7O2/c1-14(2)33-24(18(26)10-29-33)19-9-21-31(22(34)6-7-32(21)30-19)12-15-4-5-16(17(25)8-15)23-20(35-3)11-27-13-28-23/h4-5,8-11,13-14H,6-7,12H2,1-3H3. The number of rotatable bonds is 6. The third kappa shape index (κ3) is 4.26. The maximum absolute atomic E-state index is 12.9.